The zero-order valence-electron chi connectivity index (χ0n) is 11.1. The highest BCUT2D eigenvalue weighted by Crippen LogP contribution is 2.22. The summed E-state index contributed by atoms with van der Waals surface area (Å²) >= 11 is 0. The van der Waals surface area contributed by atoms with Gasteiger partial charge in [-0.3, -0.25) is 0 Å². The van der Waals surface area contributed by atoms with Crippen molar-refractivity contribution in [1.82, 2.24) is 0 Å². The minimum Gasteiger partial charge on any atom is -0.461 e. The molecule has 0 heterocycles. The van der Waals surface area contributed by atoms with Gasteiger partial charge in [-0.15, -0.1) is 0 Å². The van der Waals surface area contributed by atoms with Crippen LogP contribution in [0.15, 0.2) is 54.6 Å². The highest BCUT2D eigenvalue weighted by Gasteiger charge is 2.20. The largest absolute Gasteiger partial charge is 0.461 e. The number of carbonyl (C=O) groups is 1. The first-order valence-electron chi connectivity index (χ1n) is 6.33. The molecule has 0 fully saturated rings. The lowest BCUT2D eigenvalue weighted by atomic mass is 10.1. The van der Waals surface area contributed by atoms with Gasteiger partial charge in [-0.05, 0) is 30.2 Å². The highest BCUT2D eigenvalue weighted by atomic mass is 19.1. The molecule has 0 amide bonds. The third kappa shape index (κ3) is 3.57. The Kier molecular flexibility index (Phi) is 4.71. The molecule has 0 N–H and O–H groups in total. The van der Waals surface area contributed by atoms with Crippen LogP contribution >= 0.6 is 0 Å². The van der Waals surface area contributed by atoms with Crippen LogP contribution in [0.1, 0.15) is 6.92 Å². The Hall–Kier alpha value is -2.36. The number of ether oxygens (including phenoxy) is 2. The van der Waals surface area contributed by atoms with E-state index in [0.717, 1.165) is 11.1 Å². The van der Waals surface area contributed by atoms with Gasteiger partial charge in [-0.1, -0.05) is 42.5 Å². The molecule has 1 unspecified atom stereocenters. The van der Waals surface area contributed by atoms with E-state index in [1.807, 2.05) is 42.5 Å². The number of halogens is 1. The molecule has 0 radical (unpaired) electrons. The van der Waals surface area contributed by atoms with Crippen molar-refractivity contribution in [2.45, 2.75) is 13.3 Å². The van der Waals surface area contributed by atoms with E-state index in [2.05, 4.69) is 4.74 Å². The number of hydrogen-bond acceptors (Lipinski definition) is 3. The fourth-order valence-electron chi connectivity index (χ4n) is 1.73. The fraction of sp³-hybridized carbons (Fsp3) is 0.188. The first kappa shape index (κ1) is 14.1. The molecule has 0 aliphatic carbocycles. The van der Waals surface area contributed by atoms with E-state index < -0.39 is 12.3 Å². The predicted octanol–water partition coefficient (Wildman–Crippen LogP) is 3.59. The molecule has 0 spiro atoms. The van der Waals surface area contributed by atoms with Crippen LogP contribution in [-0.2, 0) is 9.53 Å². The molecule has 4 heteroatoms. The fourth-order valence-corrected chi connectivity index (χ4v) is 1.73. The summed E-state index contributed by atoms with van der Waals surface area (Å²) in [6.45, 7) is 1.73. The smallest absolute Gasteiger partial charge is 0.381 e. The second kappa shape index (κ2) is 6.70. The van der Waals surface area contributed by atoms with Gasteiger partial charge in [0.15, 0.2) is 0 Å². The van der Waals surface area contributed by atoms with E-state index in [1.54, 1.807) is 19.1 Å². The summed E-state index contributed by atoms with van der Waals surface area (Å²) in [6, 6.07) is 16.6. The summed E-state index contributed by atoms with van der Waals surface area (Å²) in [5.74, 6) is -0.732. The van der Waals surface area contributed by atoms with Gasteiger partial charge in [0.05, 0.1) is 6.61 Å². The summed E-state index contributed by atoms with van der Waals surface area (Å²) in [5.41, 5.74) is 2.05. The third-order valence-corrected chi connectivity index (χ3v) is 2.67. The molecule has 3 nitrogen and oxygen atoms in total. The summed E-state index contributed by atoms with van der Waals surface area (Å²) in [7, 11) is 0. The monoisotopic (exact) mass is 274 g/mol. The zero-order valence-corrected chi connectivity index (χ0v) is 11.1. The van der Waals surface area contributed by atoms with Crippen molar-refractivity contribution in [3.63, 3.8) is 0 Å². The summed E-state index contributed by atoms with van der Waals surface area (Å²) in [4.78, 5) is 11.1. The molecule has 0 saturated heterocycles. The number of benzene rings is 2. The first-order chi connectivity index (χ1) is 9.70. The van der Waals surface area contributed by atoms with Crippen molar-refractivity contribution in [3.05, 3.63) is 54.6 Å². The molecule has 0 bridgehead atoms. The Morgan fingerprint density at radius 1 is 1.05 bits per heavy atom. The van der Waals surface area contributed by atoms with E-state index in [0.29, 0.717) is 0 Å². The van der Waals surface area contributed by atoms with Crippen LogP contribution in [0.2, 0.25) is 0 Å². The molecule has 0 aliphatic heterocycles. The standard InChI is InChI=1S/C16H15FO3/c1-2-19-16(18)15(17)20-14-10-8-13(9-11-14)12-6-4-3-5-7-12/h3-11,15H,2H2,1H3. The Morgan fingerprint density at radius 3 is 2.25 bits per heavy atom. The van der Waals surface area contributed by atoms with Gasteiger partial charge in [0, 0.05) is 0 Å². The van der Waals surface area contributed by atoms with Crippen LogP contribution in [0, 0.1) is 0 Å². The lowest BCUT2D eigenvalue weighted by molar-refractivity contribution is -0.159. The van der Waals surface area contributed by atoms with E-state index in [1.165, 1.54) is 0 Å². The lowest BCUT2D eigenvalue weighted by Gasteiger charge is -2.10. The average Bonchev–Trinajstić information content (AvgIpc) is 2.49. The van der Waals surface area contributed by atoms with Gasteiger partial charge in [-0.25, -0.2) is 4.79 Å². The number of carbonyl (C=O) groups excluding carboxylic acids is 1. The van der Waals surface area contributed by atoms with Crippen molar-refractivity contribution in [1.29, 1.82) is 0 Å². The average molecular weight is 274 g/mol. The van der Waals surface area contributed by atoms with E-state index in [4.69, 9.17) is 4.74 Å². The summed E-state index contributed by atoms with van der Waals surface area (Å²) in [6.07, 6.45) is -2.10. The van der Waals surface area contributed by atoms with Gasteiger partial charge in [0.2, 0.25) is 0 Å². The summed E-state index contributed by atoms with van der Waals surface area (Å²) in [5, 5.41) is 0. The van der Waals surface area contributed by atoms with Crippen LogP contribution in [0.4, 0.5) is 4.39 Å². The molecule has 0 aromatic heterocycles. The third-order valence-electron chi connectivity index (χ3n) is 2.67. The topological polar surface area (TPSA) is 35.5 Å². The van der Waals surface area contributed by atoms with Crippen molar-refractivity contribution < 1.29 is 18.7 Å². The quantitative estimate of drug-likeness (QED) is 0.782. The number of alkyl halides is 1. The van der Waals surface area contributed by atoms with E-state index in [-0.39, 0.29) is 12.4 Å². The molecule has 1 atom stereocenters. The molecule has 20 heavy (non-hydrogen) atoms. The second-order valence-electron chi connectivity index (χ2n) is 4.08. The molecular formula is C16H15FO3. The van der Waals surface area contributed by atoms with Gasteiger partial charge in [-0.2, -0.15) is 4.39 Å². The zero-order chi connectivity index (χ0) is 14.4. The van der Waals surface area contributed by atoms with Crippen molar-refractivity contribution in [2.24, 2.45) is 0 Å². The van der Waals surface area contributed by atoms with Crippen molar-refractivity contribution in [3.8, 4) is 16.9 Å². The van der Waals surface area contributed by atoms with Crippen LogP contribution in [-0.4, -0.2) is 18.9 Å². The number of rotatable bonds is 5. The van der Waals surface area contributed by atoms with Gasteiger partial charge >= 0.3 is 12.3 Å². The Morgan fingerprint density at radius 2 is 1.65 bits per heavy atom. The minimum absolute atomic E-state index is 0.121. The number of esters is 1. The van der Waals surface area contributed by atoms with Gasteiger partial charge in [0.25, 0.3) is 0 Å². The molecule has 2 aromatic rings. The molecule has 2 rings (SSSR count). The Labute approximate surface area is 117 Å². The van der Waals surface area contributed by atoms with Crippen LogP contribution in [0.5, 0.6) is 5.75 Å². The molecule has 0 aliphatic rings. The minimum atomic E-state index is -2.10. The second-order valence-corrected chi connectivity index (χ2v) is 4.08. The van der Waals surface area contributed by atoms with Gasteiger partial charge < -0.3 is 9.47 Å². The maximum Gasteiger partial charge on any atom is 0.381 e. The maximum absolute atomic E-state index is 13.4. The predicted molar refractivity (Wildman–Crippen MR) is 74.0 cm³/mol. The van der Waals surface area contributed by atoms with Crippen LogP contribution in [0.25, 0.3) is 11.1 Å². The van der Waals surface area contributed by atoms with Crippen molar-refractivity contribution in [2.75, 3.05) is 6.61 Å². The molecule has 0 saturated carbocycles. The van der Waals surface area contributed by atoms with Gasteiger partial charge in [0.1, 0.15) is 5.75 Å². The molecular weight excluding hydrogens is 259 g/mol. The van der Waals surface area contributed by atoms with Crippen LogP contribution < -0.4 is 4.74 Å². The molecule has 104 valence electrons. The van der Waals surface area contributed by atoms with Crippen molar-refractivity contribution >= 4 is 5.97 Å². The number of hydrogen-bond donors (Lipinski definition) is 0. The Bertz CT molecular complexity index is 552. The van der Waals surface area contributed by atoms with E-state index in [9.17, 15) is 9.18 Å². The van der Waals surface area contributed by atoms with E-state index >= 15 is 0 Å². The lowest BCUT2D eigenvalue weighted by Crippen LogP contribution is -2.24. The maximum atomic E-state index is 13.4. The first-order valence-corrected chi connectivity index (χ1v) is 6.33. The highest BCUT2D eigenvalue weighted by molar-refractivity contribution is 5.73. The molecule has 2 aromatic carbocycles. The summed E-state index contributed by atoms with van der Waals surface area (Å²) < 4.78 is 22.8. The van der Waals surface area contributed by atoms with Crippen LogP contribution in [0.3, 0.4) is 0 Å². The SMILES string of the molecule is CCOC(=O)C(F)Oc1ccc(-c2ccccc2)cc1. The Balaban J connectivity index is 2.04. The normalized spacial score (nSPS) is 11.7.